The lowest BCUT2D eigenvalue weighted by molar-refractivity contribution is 0.627. The summed E-state index contributed by atoms with van der Waals surface area (Å²) in [6.45, 7) is 3.74. The molecule has 1 aromatic heterocycles. The van der Waals surface area contributed by atoms with Crippen molar-refractivity contribution >= 4 is 11.9 Å². The molecule has 20 heavy (non-hydrogen) atoms. The Kier molecular flexibility index (Phi) is 3.22. The molecule has 1 saturated heterocycles. The van der Waals surface area contributed by atoms with Crippen LogP contribution in [0.15, 0.2) is 18.2 Å². The maximum absolute atomic E-state index is 13.4. The summed E-state index contributed by atoms with van der Waals surface area (Å²) in [5.74, 6) is 0.859. The molecule has 1 aliphatic rings. The summed E-state index contributed by atoms with van der Waals surface area (Å²) in [6, 6.07) is 4.56. The van der Waals surface area contributed by atoms with E-state index in [1.165, 1.54) is 12.1 Å². The van der Waals surface area contributed by atoms with Gasteiger partial charge in [-0.1, -0.05) is 6.07 Å². The van der Waals surface area contributed by atoms with Crippen LogP contribution in [0.25, 0.3) is 11.4 Å². The van der Waals surface area contributed by atoms with Gasteiger partial charge in [0, 0.05) is 18.7 Å². The highest BCUT2D eigenvalue weighted by atomic mass is 19.1. The van der Waals surface area contributed by atoms with Crippen LogP contribution in [-0.2, 0) is 0 Å². The molecule has 1 aliphatic heterocycles. The van der Waals surface area contributed by atoms with Crippen LogP contribution in [0, 0.1) is 12.7 Å². The third-order valence-electron chi connectivity index (χ3n) is 3.47. The first-order chi connectivity index (χ1) is 9.63. The number of anilines is 2. The van der Waals surface area contributed by atoms with E-state index in [9.17, 15) is 4.39 Å². The lowest BCUT2D eigenvalue weighted by Gasteiger charge is -2.16. The van der Waals surface area contributed by atoms with Crippen LogP contribution in [-0.4, -0.2) is 28.0 Å². The molecule has 5 nitrogen and oxygen atoms in total. The maximum atomic E-state index is 13.4. The Labute approximate surface area is 116 Å². The maximum Gasteiger partial charge on any atom is 0.230 e. The number of halogens is 1. The summed E-state index contributed by atoms with van der Waals surface area (Å²) >= 11 is 0. The number of nitrogens with two attached hydrogens (primary N) is 1. The highest BCUT2D eigenvalue weighted by Gasteiger charge is 2.18. The van der Waals surface area contributed by atoms with Gasteiger partial charge in [-0.05, 0) is 37.5 Å². The Balaban J connectivity index is 2.06. The zero-order chi connectivity index (χ0) is 14.1. The second kappa shape index (κ2) is 5.03. The summed E-state index contributed by atoms with van der Waals surface area (Å²) < 4.78 is 13.4. The second-order valence-corrected chi connectivity index (χ2v) is 4.97. The van der Waals surface area contributed by atoms with Crippen molar-refractivity contribution in [1.29, 1.82) is 0 Å². The number of hydrogen-bond acceptors (Lipinski definition) is 5. The van der Waals surface area contributed by atoms with Crippen LogP contribution in [0.4, 0.5) is 16.3 Å². The molecule has 0 spiro atoms. The lowest BCUT2D eigenvalue weighted by Crippen LogP contribution is -2.21. The Morgan fingerprint density at radius 1 is 1.15 bits per heavy atom. The first kappa shape index (κ1) is 12.8. The molecule has 2 N–H and O–H groups in total. The molecule has 1 fully saturated rings. The lowest BCUT2D eigenvalue weighted by atomic mass is 10.1. The van der Waals surface area contributed by atoms with Gasteiger partial charge in [0.25, 0.3) is 0 Å². The van der Waals surface area contributed by atoms with E-state index in [-0.39, 0.29) is 11.8 Å². The summed E-state index contributed by atoms with van der Waals surface area (Å²) in [5, 5.41) is 0. The summed E-state index contributed by atoms with van der Waals surface area (Å²) in [5.41, 5.74) is 7.33. The smallest absolute Gasteiger partial charge is 0.230 e. The van der Waals surface area contributed by atoms with Crippen molar-refractivity contribution in [2.24, 2.45) is 0 Å². The number of aryl methyl sites for hydroxylation is 1. The normalized spacial score (nSPS) is 14.8. The van der Waals surface area contributed by atoms with Gasteiger partial charge in [-0.15, -0.1) is 0 Å². The van der Waals surface area contributed by atoms with E-state index in [1.54, 1.807) is 6.07 Å². The van der Waals surface area contributed by atoms with Crippen molar-refractivity contribution in [3.63, 3.8) is 0 Å². The van der Waals surface area contributed by atoms with Gasteiger partial charge >= 0.3 is 0 Å². The standard InChI is InChI=1S/C14H16FN5/c1-9-4-5-10(15)8-11(9)12-17-13(16)19-14(18-12)20-6-2-3-7-20/h4-5,8H,2-3,6-7H2,1H3,(H2,16,17,18,19). The van der Waals surface area contributed by atoms with Crippen molar-refractivity contribution in [3.8, 4) is 11.4 Å². The van der Waals surface area contributed by atoms with E-state index >= 15 is 0 Å². The SMILES string of the molecule is Cc1ccc(F)cc1-c1nc(N)nc(N2CCCC2)n1. The molecule has 0 aliphatic carbocycles. The molecular weight excluding hydrogens is 257 g/mol. The van der Waals surface area contributed by atoms with E-state index in [0.29, 0.717) is 17.3 Å². The largest absolute Gasteiger partial charge is 0.368 e. The van der Waals surface area contributed by atoms with Crippen LogP contribution in [0.3, 0.4) is 0 Å². The number of nitrogens with zero attached hydrogens (tertiary/aromatic N) is 4. The predicted octanol–water partition coefficient (Wildman–Crippen LogP) is 2.17. The number of benzene rings is 1. The first-order valence-electron chi connectivity index (χ1n) is 6.66. The zero-order valence-electron chi connectivity index (χ0n) is 11.3. The van der Waals surface area contributed by atoms with Crippen LogP contribution in [0.2, 0.25) is 0 Å². The minimum atomic E-state index is -0.313. The average Bonchev–Trinajstić information content (AvgIpc) is 2.95. The van der Waals surface area contributed by atoms with Crippen molar-refractivity contribution in [2.75, 3.05) is 23.7 Å². The highest BCUT2D eigenvalue weighted by Crippen LogP contribution is 2.24. The highest BCUT2D eigenvalue weighted by molar-refractivity contribution is 5.62. The number of rotatable bonds is 2. The fourth-order valence-corrected chi connectivity index (χ4v) is 2.39. The number of hydrogen-bond donors (Lipinski definition) is 1. The number of nitrogen functional groups attached to an aromatic ring is 1. The first-order valence-corrected chi connectivity index (χ1v) is 6.66. The van der Waals surface area contributed by atoms with Crippen molar-refractivity contribution in [3.05, 3.63) is 29.6 Å². The fraction of sp³-hybridized carbons (Fsp3) is 0.357. The van der Waals surface area contributed by atoms with Crippen LogP contribution in [0.5, 0.6) is 0 Å². The molecule has 6 heteroatoms. The van der Waals surface area contributed by atoms with Gasteiger partial charge in [-0.3, -0.25) is 0 Å². The second-order valence-electron chi connectivity index (χ2n) is 4.97. The van der Waals surface area contributed by atoms with Gasteiger partial charge in [0.05, 0.1) is 0 Å². The Morgan fingerprint density at radius 2 is 1.90 bits per heavy atom. The van der Waals surface area contributed by atoms with E-state index in [0.717, 1.165) is 31.5 Å². The molecule has 0 bridgehead atoms. The monoisotopic (exact) mass is 273 g/mol. The van der Waals surface area contributed by atoms with Gasteiger partial charge in [-0.2, -0.15) is 15.0 Å². The topological polar surface area (TPSA) is 67.9 Å². The van der Waals surface area contributed by atoms with Crippen molar-refractivity contribution in [2.45, 2.75) is 19.8 Å². The molecule has 104 valence electrons. The Bertz CT molecular complexity index is 637. The third-order valence-corrected chi connectivity index (χ3v) is 3.47. The van der Waals surface area contributed by atoms with Crippen molar-refractivity contribution < 1.29 is 4.39 Å². The summed E-state index contributed by atoms with van der Waals surface area (Å²) in [6.07, 6.45) is 2.25. The molecule has 2 aromatic rings. The molecule has 0 amide bonds. The third kappa shape index (κ3) is 2.41. The summed E-state index contributed by atoms with van der Waals surface area (Å²) in [4.78, 5) is 14.8. The van der Waals surface area contributed by atoms with Gasteiger partial charge in [0.15, 0.2) is 5.82 Å². The Morgan fingerprint density at radius 3 is 2.65 bits per heavy atom. The molecule has 0 saturated carbocycles. The number of aromatic nitrogens is 3. The van der Waals surface area contributed by atoms with E-state index in [2.05, 4.69) is 19.9 Å². The molecule has 0 radical (unpaired) electrons. The summed E-state index contributed by atoms with van der Waals surface area (Å²) in [7, 11) is 0. The molecule has 3 rings (SSSR count). The van der Waals surface area contributed by atoms with Crippen molar-refractivity contribution in [1.82, 2.24) is 15.0 Å². The van der Waals surface area contributed by atoms with Gasteiger partial charge in [-0.25, -0.2) is 4.39 Å². The molecule has 1 aromatic carbocycles. The average molecular weight is 273 g/mol. The minimum Gasteiger partial charge on any atom is -0.368 e. The molecule has 2 heterocycles. The zero-order valence-corrected chi connectivity index (χ0v) is 11.3. The Hall–Kier alpha value is -2.24. The van der Waals surface area contributed by atoms with E-state index in [4.69, 9.17) is 5.73 Å². The fourth-order valence-electron chi connectivity index (χ4n) is 2.39. The van der Waals surface area contributed by atoms with Gasteiger partial charge in [0.2, 0.25) is 11.9 Å². The van der Waals surface area contributed by atoms with Crippen LogP contribution in [0.1, 0.15) is 18.4 Å². The predicted molar refractivity (Wildman–Crippen MR) is 75.8 cm³/mol. The van der Waals surface area contributed by atoms with E-state index < -0.39 is 0 Å². The minimum absolute atomic E-state index is 0.167. The van der Waals surface area contributed by atoms with Crippen LogP contribution < -0.4 is 10.6 Å². The quantitative estimate of drug-likeness (QED) is 0.908. The molecular formula is C14H16FN5. The van der Waals surface area contributed by atoms with E-state index in [1.807, 2.05) is 6.92 Å². The molecule has 0 unspecified atom stereocenters. The van der Waals surface area contributed by atoms with Gasteiger partial charge in [0.1, 0.15) is 5.82 Å². The van der Waals surface area contributed by atoms with Gasteiger partial charge < -0.3 is 10.6 Å². The van der Waals surface area contributed by atoms with Crippen LogP contribution >= 0.6 is 0 Å². The molecule has 0 atom stereocenters.